The maximum Gasteiger partial charge on any atom is 0.243 e. The van der Waals surface area contributed by atoms with Crippen LogP contribution in [0.2, 0.25) is 0 Å². The van der Waals surface area contributed by atoms with Gasteiger partial charge in [0, 0.05) is 84.1 Å². The third kappa shape index (κ3) is 20.9. The summed E-state index contributed by atoms with van der Waals surface area (Å²) in [6.07, 6.45) is 3.53. The van der Waals surface area contributed by atoms with E-state index in [9.17, 15) is 16.8 Å². The molecule has 2 aromatic rings. The smallest absolute Gasteiger partial charge is 0.207 e. The van der Waals surface area contributed by atoms with Crippen LogP contribution in [0.3, 0.4) is 0 Å². The van der Waals surface area contributed by atoms with E-state index in [4.69, 9.17) is 0 Å². The highest BCUT2D eigenvalue weighted by molar-refractivity contribution is 8.92. The Labute approximate surface area is 317 Å². The monoisotopic (exact) mass is 904 g/mol. The van der Waals surface area contributed by atoms with Gasteiger partial charge in [0.05, 0.1) is 9.79 Å². The Morgan fingerprint density at radius 3 is 1.64 bits per heavy atom. The van der Waals surface area contributed by atoms with Crippen molar-refractivity contribution in [1.82, 2.24) is 8.61 Å². The lowest BCUT2D eigenvalue weighted by Gasteiger charge is -2.20. The van der Waals surface area contributed by atoms with Gasteiger partial charge >= 0.3 is 0 Å². The molecule has 266 valence electrons. The molecule has 4 atom stereocenters. The number of hydrogen-bond acceptors (Lipinski definition) is 6. The Kier molecular flexibility index (Phi) is 29.1. The van der Waals surface area contributed by atoms with Gasteiger partial charge in [0.25, 0.3) is 0 Å². The van der Waals surface area contributed by atoms with E-state index >= 15 is 0 Å². The lowest BCUT2D eigenvalue weighted by Crippen LogP contribution is -2.32. The third-order valence-corrected chi connectivity index (χ3v) is 37.2. The van der Waals surface area contributed by atoms with Crippen molar-refractivity contribution in [3.8, 4) is 0 Å². The molecule has 47 heavy (non-hydrogen) atoms. The molecule has 0 N–H and O–H groups in total. The molecule has 20 heteroatoms. The van der Waals surface area contributed by atoms with Crippen LogP contribution in [-0.2, 0) is 77.9 Å². The zero-order valence-electron chi connectivity index (χ0n) is 26.0. The molecular weight excluding hydrogens is 859 g/mol. The molecular formula is C27H46N2O4P6S8. The predicted molar refractivity (Wildman–Crippen MR) is 242 cm³/mol. The summed E-state index contributed by atoms with van der Waals surface area (Å²) in [5, 5.41) is 0. The summed E-state index contributed by atoms with van der Waals surface area (Å²) < 4.78 is 52.0. The molecule has 6 nitrogen and oxygen atoms in total. The molecule has 0 saturated carbocycles. The molecule has 1 aliphatic heterocycles. The first kappa shape index (κ1) is 50.5. The van der Waals surface area contributed by atoms with Crippen molar-refractivity contribution in [2.24, 2.45) is 0 Å². The Morgan fingerprint density at radius 2 is 1.32 bits per heavy atom. The van der Waals surface area contributed by atoms with Crippen LogP contribution in [-0.4, -0.2) is 51.6 Å². The molecule has 0 amide bonds. The lowest BCUT2D eigenvalue weighted by atomic mass is 10.2. The van der Waals surface area contributed by atoms with Crippen molar-refractivity contribution < 1.29 is 16.8 Å². The first-order chi connectivity index (χ1) is 21.4. The molecule has 4 unspecified atom stereocenters. The van der Waals surface area contributed by atoms with Gasteiger partial charge in [-0.1, -0.05) is 72.7 Å². The zero-order valence-corrected chi connectivity index (χ0v) is 39.0. The number of aryl methyl sites for hydroxylation is 2. The number of benzene rings is 2. The fourth-order valence-corrected chi connectivity index (χ4v) is 11.7. The number of hydrogen-bond donors (Lipinski definition) is 0. The first-order valence-electron chi connectivity index (χ1n) is 13.0. The molecule has 1 heterocycles. The van der Waals surface area contributed by atoms with Gasteiger partial charge < -0.3 is 0 Å². The first-order valence-corrected chi connectivity index (χ1v) is 32.4. The molecule has 1 aliphatic rings. The topological polar surface area (TPSA) is 74.8 Å². The van der Waals surface area contributed by atoms with Gasteiger partial charge in [-0.2, -0.15) is 8.61 Å². The molecule has 0 saturated heterocycles. The average molecular weight is 905 g/mol. The van der Waals surface area contributed by atoms with Crippen LogP contribution >= 0.6 is 49.7 Å². The molecule has 0 fully saturated rings. The fraction of sp³-hybridized carbons (Fsp3) is 0.333. The number of sulfonamides is 2. The Hall–Kier alpha value is 1.38. The molecule has 0 aromatic heterocycles. The van der Waals surface area contributed by atoms with Crippen LogP contribution in [0.1, 0.15) is 32.4 Å². The molecule has 0 aliphatic carbocycles. The normalized spacial score (nSPS) is 12.5. The summed E-state index contributed by atoms with van der Waals surface area (Å²) >= 11 is 9.03. The zero-order chi connectivity index (χ0) is 35.5. The highest BCUT2D eigenvalue weighted by Crippen LogP contribution is 2.86. The van der Waals surface area contributed by atoms with Crippen molar-refractivity contribution in [3.05, 3.63) is 96.1 Å². The quantitative estimate of drug-likeness (QED) is 0.186. The predicted octanol–water partition coefficient (Wildman–Crippen LogP) is 8.34. The van der Waals surface area contributed by atoms with Crippen LogP contribution in [0.25, 0.3) is 0 Å². The van der Waals surface area contributed by atoms with Gasteiger partial charge in [-0.05, 0) is 65.9 Å². The van der Waals surface area contributed by atoms with Crippen LogP contribution < -0.4 is 0 Å². The SMILES string of the molecule is C.C=CCN(CC(=C)C)S(=O)(=O)c1ccc(C)cc1.CC1=CCN(S(=O)(=O)c2ccc(C)cc2)C1.PP(P)P(P)P.S=S=S=S=S=S. The summed E-state index contributed by atoms with van der Waals surface area (Å²) in [7, 11) is 10.0. The minimum atomic E-state index is -3.47. The summed E-state index contributed by atoms with van der Waals surface area (Å²) in [6.45, 7) is 16.9. The van der Waals surface area contributed by atoms with Crippen LogP contribution in [0, 0.1) is 13.8 Å². The highest BCUT2D eigenvalue weighted by Gasteiger charge is 2.26. The van der Waals surface area contributed by atoms with E-state index in [2.05, 4.69) is 71.2 Å². The third-order valence-electron chi connectivity index (χ3n) is 5.52. The summed E-state index contributed by atoms with van der Waals surface area (Å²) in [6, 6.07) is 13.8. The van der Waals surface area contributed by atoms with Gasteiger partial charge in [0.15, 0.2) is 0 Å². The summed E-state index contributed by atoms with van der Waals surface area (Å²) in [5.41, 5.74) is 4.00. The Morgan fingerprint density at radius 1 is 0.894 bits per heavy atom. The van der Waals surface area contributed by atoms with Crippen LogP contribution in [0.15, 0.2) is 94.8 Å². The van der Waals surface area contributed by atoms with E-state index in [0.29, 0.717) is 29.4 Å². The van der Waals surface area contributed by atoms with E-state index in [1.54, 1.807) is 49.4 Å². The largest absolute Gasteiger partial charge is 0.243 e. The van der Waals surface area contributed by atoms with E-state index in [-0.39, 0.29) is 27.9 Å². The van der Waals surface area contributed by atoms with Crippen LogP contribution in [0.5, 0.6) is 0 Å². The van der Waals surface area contributed by atoms with Gasteiger partial charge in [-0.25, -0.2) is 16.8 Å². The van der Waals surface area contributed by atoms with Gasteiger partial charge in [-0.3, -0.25) is 0 Å². The van der Waals surface area contributed by atoms with Gasteiger partial charge in [-0.15, -0.1) is 42.3 Å². The second-order valence-corrected chi connectivity index (χ2v) is 40.3. The molecule has 3 rings (SSSR count). The minimum Gasteiger partial charge on any atom is -0.207 e. The van der Waals surface area contributed by atoms with E-state index < -0.39 is 20.0 Å². The second-order valence-electron chi connectivity index (χ2n) is 9.55. The molecule has 0 radical (unpaired) electrons. The lowest BCUT2D eigenvalue weighted by molar-refractivity contribution is 0.467. The maximum atomic E-state index is 12.4. The second kappa shape index (κ2) is 27.1. The van der Waals surface area contributed by atoms with Crippen molar-refractivity contribution in [1.29, 1.82) is 0 Å². The van der Waals surface area contributed by atoms with Crippen molar-refractivity contribution >= 4 is 128 Å². The fourth-order valence-electron chi connectivity index (χ4n) is 3.28. The minimum absolute atomic E-state index is 0. The molecule has 0 spiro atoms. The number of nitrogens with zero attached hydrogens (tertiary/aromatic N) is 2. The molecule has 0 bridgehead atoms. The van der Waals surface area contributed by atoms with Gasteiger partial charge in [0.2, 0.25) is 20.0 Å². The van der Waals surface area contributed by atoms with Gasteiger partial charge in [0.1, 0.15) is 0 Å². The standard InChI is InChI=1S/C14H19NO2S.C12H15NO2S.CH4.H8P6.S6/c1-5-10-15(11-12(2)3)18(16,17)14-8-6-13(4)7-9-14;1-10-3-5-12(6-4-10)16(14,15)13-8-7-11(2)9-13;;1-5(2)6(3)4;1-3-5-6-4-2/h5-9H,1-2,10-11H2,3-4H3;3-7H,8-9H2,1-2H3;1H4;1-4H2;. The highest BCUT2D eigenvalue weighted by atomic mass is 33.3. The van der Waals surface area contributed by atoms with Crippen LogP contribution in [0.4, 0.5) is 0 Å². The molecule has 2 aromatic carbocycles. The average Bonchev–Trinajstić information content (AvgIpc) is 3.44. The van der Waals surface area contributed by atoms with E-state index in [1.807, 2.05) is 39.0 Å². The van der Waals surface area contributed by atoms with E-state index in [1.165, 1.54) is 44.1 Å². The summed E-state index contributed by atoms with van der Waals surface area (Å²) in [4.78, 5) is 0.678. The summed E-state index contributed by atoms with van der Waals surface area (Å²) in [5.74, 6) is 0. The Balaban J connectivity index is 0. The number of rotatable bonds is 9. The van der Waals surface area contributed by atoms with Crippen molar-refractivity contribution in [2.75, 3.05) is 26.2 Å². The Bertz CT molecular complexity index is 1670. The maximum absolute atomic E-state index is 12.4. The van der Waals surface area contributed by atoms with Crippen molar-refractivity contribution in [2.45, 2.75) is 44.9 Å². The van der Waals surface area contributed by atoms with E-state index in [0.717, 1.165) is 22.3 Å². The van der Waals surface area contributed by atoms with Crippen molar-refractivity contribution in [3.63, 3.8) is 0 Å².